The lowest BCUT2D eigenvalue weighted by atomic mass is 9.87. The lowest BCUT2D eigenvalue weighted by Gasteiger charge is -2.25. The van der Waals surface area contributed by atoms with Gasteiger partial charge >= 0.3 is 6.18 Å². The Morgan fingerprint density at radius 3 is 2.00 bits per heavy atom. The van der Waals surface area contributed by atoms with Gasteiger partial charge in [-0.3, -0.25) is 0 Å². The summed E-state index contributed by atoms with van der Waals surface area (Å²) in [7, 11) is 0. The highest BCUT2D eigenvalue weighted by atomic mass is 35.5. The highest BCUT2D eigenvalue weighted by molar-refractivity contribution is 6.30. The van der Waals surface area contributed by atoms with Crippen LogP contribution in [0.15, 0.2) is 48.5 Å². The van der Waals surface area contributed by atoms with E-state index in [1.54, 1.807) is 24.3 Å². The molecule has 2 rings (SSSR count). The van der Waals surface area contributed by atoms with E-state index in [4.69, 9.17) is 11.6 Å². The summed E-state index contributed by atoms with van der Waals surface area (Å²) in [6, 6.07) is 11.0. The maximum Gasteiger partial charge on any atom is 0.416 e. The zero-order valence-corrected chi connectivity index (χ0v) is 11.3. The minimum absolute atomic E-state index is 0.176. The lowest BCUT2D eigenvalue weighted by molar-refractivity contribution is -0.137. The van der Waals surface area contributed by atoms with E-state index in [0.717, 1.165) is 12.1 Å². The molecular formula is C15H12ClF3O. The standard InChI is InChI=1S/C15H12ClF3O/c1-14(20,10-5-7-13(16)8-6-10)11-3-2-4-12(9-11)15(17,18)19/h2-9,20H,1H3/t14-/m0/s1. The van der Waals surface area contributed by atoms with Gasteiger partial charge in [-0.1, -0.05) is 35.9 Å². The zero-order valence-electron chi connectivity index (χ0n) is 10.6. The van der Waals surface area contributed by atoms with Crippen molar-refractivity contribution in [2.75, 3.05) is 0 Å². The van der Waals surface area contributed by atoms with Crippen LogP contribution in [0.5, 0.6) is 0 Å². The van der Waals surface area contributed by atoms with Crippen LogP contribution in [-0.4, -0.2) is 5.11 Å². The largest absolute Gasteiger partial charge is 0.416 e. The maximum atomic E-state index is 12.7. The Labute approximate surface area is 119 Å². The third-order valence-electron chi connectivity index (χ3n) is 3.16. The van der Waals surface area contributed by atoms with Crippen molar-refractivity contribution >= 4 is 11.6 Å². The Morgan fingerprint density at radius 1 is 0.900 bits per heavy atom. The lowest BCUT2D eigenvalue weighted by Crippen LogP contribution is -2.23. The van der Waals surface area contributed by atoms with Crippen LogP contribution in [0.2, 0.25) is 5.02 Å². The Hall–Kier alpha value is -1.52. The second-order valence-corrected chi connectivity index (χ2v) is 5.09. The fraction of sp³-hybridized carbons (Fsp3) is 0.200. The number of alkyl halides is 3. The van der Waals surface area contributed by atoms with Gasteiger partial charge < -0.3 is 5.11 Å². The van der Waals surface area contributed by atoms with Crippen molar-refractivity contribution in [1.29, 1.82) is 0 Å². The van der Waals surface area contributed by atoms with Crippen LogP contribution in [0.25, 0.3) is 0 Å². The normalized spacial score (nSPS) is 14.9. The molecule has 0 saturated heterocycles. The van der Waals surface area contributed by atoms with Gasteiger partial charge in [-0.15, -0.1) is 0 Å². The molecule has 20 heavy (non-hydrogen) atoms. The molecule has 1 N–H and O–H groups in total. The van der Waals surface area contributed by atoms with Crippen molar-refractivity contribution in [1.82, 2.24) is 0 Å². The minimum Gasteiger partial charge on any atom is -0.381 e. The van der Waals surface area contributed by atoms with Gasteiger partial charge in [-0.25, -0.2) is 0 Å². The molecule has 0 aliphatic heterocycles. The van der Waals surface area contributed by atoms with Crippen LogP contribution < -0.4 is 0 Å². The second kappa shape index (κ2) is 5.11. The monoisotopic (exact) mass is 300 g/mol. The summed E-state index contributed by atoms with van der Waals surface area (Å²) < 4.78 is 38.1. The molecule has 0 aromatic heterocycles. The quantitative estimate of drug-likeness (QED) is 0.858. The fourth-order valence-electron chi connectivity index (χ4n) is 1.94. The zero-order chi connectivity index (χ0) is 15.0. The molecule has 0 aliphatic carbocycles. The van der Waals surface area contributed by atoms with Gasteiger partial charge in [0.05, 0.1) is 5.56 Å². The molecule has 0 amide bonds. The van der Waals surface area contributed by atoms with Crippen molar-refractivity contribution in [3.05, 3.63) is 70.2 Å². The van der Waals surface area contributed by atoms with Crippen molar-refractivity contribution in [2.24, 2.45) is 0 Å². The molecule has 0 fully saturated rings. The molecule has 0 unspecified atom stereocenters. The van der Waals surface area contributed by atoms with Gasteiger partial charge in [0.2, 0.25) is 0 Å². The number of aliphatic hydroxyl groups is 1. The number of rotatable bonds is 2. The topological polar surface area (TPSA) is 20.2 Å². The number of halogens is 4. The van der Waals surface area contributed by atoms with Gasteiger partial charge in [0.25, 0.3) is 0 Å². The van der Waals surface area contributed by atoms with E-state index in [-0.39, 0.29) is 5.56 Å². The highest BCUT2D eigenvalue weighted by Gasteiger charge is 2.33. The minimum atomic E-state index is -4.44. The van der Waals surface area contributed by atoms with Crippen molar-refractivity contribution in [3.8, 4) is 0 Å². The van der Waals surface area contributed by atoms with Crippen molar-refractivity contribution < 1.29 is 18.3 Å². The van der Waals surface area contributed by atoms with E-state index in [9.17, 15) is 18.3 Å². The highest BCUT2D eigenvalue weighted by Crippen LogP contribution is 2.35. The molecule has 2 aromatic carbocycles. The Morgan fingerprint density at radius 2 is 1.45 bits per heavy atom. The van der Waals surface area contributed by atoms with Gasteiger partial charge in [0.1, 0.15) is 5.60 Å². The summed E-state index contributed by atoms with van der Waals surface area (Å²) in [6.45, 7) is 1.45. The molecular weight excluding hydrogens is 289 g/mol. The van der Waals surface area contributed by atoms with Gasteiger partial charge in [-0.2, -0.15) is 13.2 Å². The Balaban J connectivity index is 2.46. The summed E-state index contributed by atoms with van der Waals surface area (Å²) in [6.07, 6.45) is -4.44. The number of hydrogen-bond donors (Lipinski definition) is 1. The van der Waals surface area contributed by atoms with Crippen molar-refractivity contribution in [2.45, 2.75) is 18.7 Å². The van der Waals surface area contributed by atoms with Gasteiger partial charge in [-0.05, 0) is 42.3 Å². The summed E-state index contributed by atoms with van der Waals surface area (Å²) in [4.78, 5) is 0. The molecule has 2 aromatic rings. The van der Waals surface area contributed by atoms with Gasteiger partial charge in [0.15, 0.2) is 0 Å². The molecule has 0 spiro atoms. The van der Waals surface area contributed by atoms with E-state index in [1.165, 1.54) is 19.1 Å². The van der Waals surface area contributed by atoms with E-state index in [2.05, 4.69) is 0 Å². The van der Waals surface area contributed by atoms with E-state index >= 15 is 0 Å². The van der Waals surface area contributed by atoms with Crippen LogP contribution in [0.3, 0.4) is 0 Å². The first kappa shape index (κ1) is 14.9. The molecule has 0 bridgehead atoms. The SMILES string of the molecule is C[C@](O)(c1ccc(Cl)cc1)c1cccc(C(F)(F)F)c1. The smallest absolute Gasteiger partial charge is 0.381 e. The molecule has 1 nitrogen and oxygen atoms in total. The van der Waals surface area contributed by atoms with Crippen LogP contribution in [-0.2, 0) is 11.8 Å². The average molecular weight is 301 g/mol. The van der Waals surface area contributed by atoms with Crippen LogP contribution in [0, 0.1) is 0 Å². The molecule has 106 valence electrons. The van der Waals surface area contributed by atoms with Crippen LogP contribution >= 0.6 is 11.6 Å². The Bertz CT molecular complexity index is 603. The fourth-order valence-corrected chi connectivity index (χ4v) is 2.07. The Kier molecular flexibility index (Phi) is 3.80. The first-order valence-electron chi connectivity index (χ1n) is 5.87. The molecule has 0 heterocycles. The first-order valence-corrected chi connectivity index (χ1v) is 6.25. The summed E-state index contributed by atoms with van der Waals surface area (Å²) in [5.74, 6) is 0. The molecule has 0 radical (unpaired) electrons. The molecule has 1 atom stereocenters. The third-order valence-corrected chi connectivity index (χ3v) is 3.41. The van der Waals surface area contributed by atoms with Crippen LogP contribution in [0.4, 0.5) is 13.2 Å². The molecule has 5 heteroatoms. The summed E-state index contributed by atoms with van der Waals surface area (Å²) >= 11 is 5.76. The van der Waals surface area contributed by atoms with E-state index in [0.29, 0.717) is 10.6 Å². The molecule has 0 saturated carbocycles. The third kappa shape index (κ3) is 2.97. The summed E-state index contributed by atoms with van der Waals surface area (Å²) in [5, 5.41) is 11.0. The van der Waals surface area contributed by atoms with E-state index in [1.807, 2.05) is 0 Å². The molecule has 0 aliphatic rings. The second-order valence-electron chi connectivity index (χ2n) is 4.66. The summed E-state index contributed by atoms with van der Waals surface area (Å²) in [5.41, 5.74) is -1.66. The number of hydrogen-bond acceptors (Lipinski definition) is 1. The van der Waals surface area contributed by atoms with Gasteiger partial charge in [0, 0.05) is 5.02 Å². The predicted octanol–water partition coefficient (Wildman–Crippen LogP) is 4.61. The average Bonchev–Trinajstić information content (AvgIpc) is 2.38. The maximum absolute atomic E-state index is 12.7. The van der Waals surface area contributed by atoms with E-state index < -0.39 is 17.3 Å². The van der Waals surface area contributed by atoms with Crippen LogP contribution in [0.1, 0.15) is 23.6 Å². The first-order chi connectivity index (χ1) is 9.21. The van der Waals surface area contributed by atoms with Crippen molar-refractivity contribution in [3.63, 3.8) is 0 Å². The number of benzene rings is 2. The predicted molar refractivity (Wildman–Crippen MR) is 71.6 cm³/mol.